The summed E-state index contributed by atoms with van der Waals surface area (Å²) in [5.41, 5.74) is 0. The number of hydrogen-bond donors (Lipinski definition) is 1. The SMILES string of the molecule is COc1cccc(OC)c1OC(=O)NC(C)C. The Bertz CT molecular complexity index is 368. The molecule has 1 aromatic carbocycles. The van der Waals surface area contributed by atoms with Gasteiger partial charge in [0, 0.05) is 6.04 Å². The van der Waals surface area contributed by atoms with Gasteiger partial charge in [0.15, 0.2) is 11.5 Å². The van der Waals surface area contributed by atoms with Gasteiger partial charge in [-0.05, 0) is 26.0 Å². The molecule has 0 spiro atoms. The van der Waals surface area contributed by atoms with Crippen LogP contribution in [0, 0.1) is 0 Å². The fraction of sp³-hybridized carbons (Fsp3) is 0.417. The molecule has 0 saturated carbocycles. The van der Waals surface area contributed by atoms with Crippen LogP contribution in [0.15, 0.2) is 18.2 Å². The molecule has 0 heterocycles. The van der Waals surface area contributed by atoms with Crippen LogP contribution >= 0.6 is 0 Å². The highest BCUT2D eigenvalue weighted by Crippen LogP contribution is 2.36. The fourth-order valence-corrected chi connectivity index (χ4v) is 1.28. The van der Waals surface area contributed by atoms with Crippen LogP contribution in [0.4, 0.5) is 4.79 Å². The molecule has 94 valence electrons. The highest BCUT2D eigenvalue weighted by Gasteiger charge is 2.15. The standard InChI is InChI=1S/C12H17NO4/c1-8(2)13-12(14)17-11-9(15-3)6-5-7-10(11)16-4/h5-8H,1-4H3,(H,13,14). The average molecular weight is 239 g/mol. The first kappa shape index (κ1) is 13.2. The monoisotopic (exact) mass is 239 g/mol. The number of amides is 1. The van der Waals surface area contributed by atoms with E-state index in [-0.39, 0.29) is 11.8 Å². The van der Waals surface area contributed by atoms with Crippen LogP contribution in [0.25, 0.3) is 0 Å². The Labute approximate surface area is 101 Å². The molecular weight excluding hydrogens is 222 g/mol. The van der Waals surface area contributed by atoms with Crippen molar-refractivity contribution in [2.45, 2.75) is 19.9 Å². The van der Waals surface area contributed by atoms with Crippen LogP contribution in [0.5, 0.6) is 17.2 Å². The third-order valence-corrected chi connectivity index (χ3v) is 1.98. The van der Waals surface area contributed by atoms with Gasteiger partial charge >= 0.3 is 6.09 Å². The molecule has 1 rings (SSSR count). The predicted octanol–water partition coefficient (Wildman–Crippen LogP) is 2.20. The van der Waals surface area contributed by atoms with Crippen molar-refractivity contribution in [2.24, 2.45) is 0 Å². The summed E-state index contributed by atoms with van der Waals surface area (Å²) in [6.45, 7) is 3.70. The molecular formula is C12H17NO4. The lowest BCUT2D eigenvalue weighted by Gasteiger charge is -2.14. The van der Waals surface area contributed by atoms with Crippen LogP contribution in [0.1, 0.15) is 13.8 Å². The molecule has 0 saturated heterocycles. The van der Waals surface area contributed by atoms with Gasteiger partial charge < -0.3 is 19.5 Å². The van der Waals surface area contributed by atoms with E-state index < -0.39 is 6.09 Å². The zero-order valence-corrected chi connectivity index (χ0v) is 10.4. The Balaban J connectivity index is 2.91. The van der Waals surface area contributed by atoms with Crippen molar-refractivity contribution in [1.82, 2.24) is 5.32 Å². The van der Waals surface area contributed by atoms with Crippen molar-refractivity contribution in [3.63, 3.8) is 0 Å². The van der Waals surface area contributed by atoms with Crippen molar-refractivity contribution >= 4 is 6.09 Å². The second kappa shape index (κ2) is 5.98. The Morgan fingerprint density at radius 1 is 1.18 bits per heavy atom. The molecule has 1 aromatic rings. The number of ether oxygens (including phenoxy) is 3. The third-order valence-electron chi connectivity index (χ3n) is 1.98. The first-order valence-electron chi connectivity index (χ1n) is 5.27. The Kier molecular flexibility index (Phi) is 4.63. The number of nitrogens with one attached hydrogen (secondary N) is 1. The van der Waals surface area contributed by atoms with E-state index in [4.69, 9.17) is 14.2 Å². The maximum absolute atomic E-state index is 11.5. The quantitative estimate of drug-likeness (QED) is 0.875. The maximum Gasteiger partial charge on any atom is 0.413 e. The average Bonchev–Trinajstić information content (AvgIpc) is 2.28. The lowest BCUT2D eigenvalue weighted by molar-refractivity contribution is 0.193. The van der Waals surface area contributed by atoms with Gasteiger partial charge in [-0.25, -0.2) is 4.79 Å². The molecule has 0 aliphatic heterocycles. The second-order valence-corrected chi connectivity index (χ2v) is 3.68. The summed E-state index contributed by atoms with van der Waals surface area (Å²) in [5, 5.41) is 2.62. The third kappa shape index (κ3) is 3.55. The van der Waals surface area contributed by atoms with E-state index in [0.29, 0.717) is 11.5 Å². The summed E-state index contributed by atoms with van der Waals surface area (Å²) in [5.74, 6) is 1.17. The second-order valence-electron chi connectivity index (χ2n) is 3.68. The minimum atomic E-state index is -0.539. The maximum atomic E-state index is 11.5. The largest absolute Gasteiger partial charge is 0.493 e. The van der Waals surface area contributed by atoms with Crippen LogP contribution in [0.2, 0.25) is 0 Å². The molecule has 0 bridgehead atoms. The highest BCUT2D eigenvalue weighted by molar-refractivity contribution is 5.73. The number of methoxy groups -OCH3 is 2. The Morgan fingerprint density at radius 3 is 2.12 bits per heavy atom. The number of benzene rings is 1. The van der Waals surface area contributed by atoms with Crippen molar-refractivity contribution in [3.05, 3.63) is 18.2 Å². The number of para-hydroxylation sites is 1. The van der Waals surface area contributed by atoms with E-state index in [1.807, 2.05) is 13.8 Å². The summed E-state index contributed by atoms with van der Waals surface area (Å²) in [6, 6.07) is 5.15. The molecule has 5 heteroatoms. The van der Waals surface area contributed by atoms with E-state index in [2.05, 4.69) is 5.32 Å². The van der Waals surface area contributed by atoms with Crippen LogP contribution in [0.3, 0.4) is 0 Å². The fourth-order valence-electron chi connectivity index (χ4n) is 1.28. The lowest BCUT2D eigenvalue weighted by Crippen LogP contribution is -2.32. The van der Waals surface area contributed by atoms with Gasteiger partial charge in [-0.15, -0.1) is 0 Å². The van der Waals surface area contributed by atoms with Crippen LogP contribution in [-0.2, 0) is 0 Å². The minimum Gasteiger partial charge on any atom is -0.493 e. The van der Waals surface area contributed by atoms with E-state index in [1.54, 1.807) is 18.2 Å². The van der Waals surface area contributed by atoms with E-state index in [1.165, 1.54) is 14.2 Å². The van der Waals surface area contributed by atoms with E-state index in [0.717, 1.165) is 0 Å². The molecule has 0 radical (unpaired) electrons. The van der Waals surface area contributed by atoms with Crippen molar-refractivity contribution in [2.75, 3.05) is 14.2 Å². The molecule has 0 fully saturated rings. The number of hydrogen-bond acceptors (Lipinski definition) is 4. The smallest absolute Gasteiger partial charge is 0.413 e. The zero-order valence-electron chi connectivity index (χ0n) is 10.4. The predicted molar refractivity (Wildman–Crippen MR) is 63.8 cm³/mol. The van der Waals surface area contributed by atoms with Gasteiger partial charge in [-0.3, -0.25) is 0 Å². The molecule has 0 aromatic heterocycles. The molecule has 0 aliphatic carbocycles. The van der Waals surface area contributed by atoms with Gasteiger partial charge in [0.05, 0.1) is 14.2 Å². The van der Waals surface area contributed by atoms with Gasteiger partial charge in [-0.2, -0.15) is 0 Å². The van der Waals surface area contributed by atoms with Crippen molar-refractivity contribution in [1.29, 1.82) is 0 Å². The van der Waals surface area contributed by atoms with Crippen LogP contribution < -0.4 is 19.5 Å². The number of carbonyl (C=O) groups is 1. The number of carbonyl (C=O) groups excluding carboxylic acids is 1. The van der Waals surface area contributed by atoms with Gasteiger partial charge in [0.1, 0.15) is 0 Å². The molecule has 1 amide bonds. The molecule has 17 heavy (non-hydrogen) atoms. The summed E-state index contributed by atoms with van der Waals surface area (Å²) in [6.07, 6.45) is -0.539. The summed E-state index contributed by atoms with van der Waals surface area (Å²) < 4.78 is 15.4. The van der Waals surface area contributed by atoms with Gasteiger partial charge in [0.2, 0.25) is 5.75 Å². The lowest BCUT2D eigenvalue weighted by atomic mass is 10.3. The summed E-state index contributed by atoms with van der Waals surface area (Å²) in [7, 11) is 3.00. The first-order chi connectivity index (χ1) is 8.08. The van der Waals surface area contributed by atoms with E-state index >= 15 is 0 Å². The Morgan fingerprint density at radius 2 is 1.71 bits per heavy atom. The normalized spacial score (nSPS) is 9.94. The summed E-state index contributed by atoms with van der Waals surface area (Å²) >= 11 is 0. The topological polar surface area (TPSA) is 56.8 Å². The molecule has 0 atom stereocenters. The Hall–Kier alpha value is -1.91. The zero-order chi connectivity index (χ0) is 12.8. The van der Waals surface area contributed by atoms with E-state index in [9.17, 15) is 4.79 Å². The minimum absolute atomic E-state index is 0.00296. The molecule has 0 unspecified atom stereocenters. The highest BCUT2D eigenvalue weighted by atomic mass is 16.6. The first-order valence-corrected chi connectivity index (χ1v) is 5.27. The summed E-state index contributed by atoms with van der Waals surface area (Å²) in [4.78, 5) is 11.5. The van der Waals surface area contributed by atoms with Gasteiger partial charge in [0.25, 0.3) is 0 Å². The van der Waals surface area contributed by atoms with Gasteiger partial charge in [-0.1, -0.05) is 6.07 Å². The molecule has 0 aliphatic rings. The van der Waals surface area contributed by atoms with Crippen molar-refractivity contribution < 1.29 is 19.0 Å². The molecule has 5 nitrogen and oxygen atoms in total. The number of rotatable bonds is 4. The van der Waals surface area contributed by atoms with Crippen molar-refractivity contribution in [3.8, 4) is 17.2 Å². The molecule has 1 N–H and O–H groups in total. The van der Waals surface area contributed by atoms with Crippen LogP contribution in [-0.4, -0.2) is 26.4 Å².